The fraction of sp³-hybridized carbons (Fsp3) is 0.583. The predicted octanol–water partition coefficient (Wildman–Crippen LogP) is 0.846. The Morgan fingerprint density at radius 3 is 2.74 bits per heavy atom. The summed E-state index contributed by atoms with van der Waals surface area (Å²) in [5, 5.41) is 0. The van der Waals surface area contributed by atoms with Crippen molar-refractivity contribution in [3.8, 4) is 0 Å². The molecule has 1 aromatic heterocycles. The van der Waals surface area contributed by atoms with Crippen LogP contribution in [0.15, 0.2) is 10.7 Å². The van der Waals surface area contributed by atoms with Crippen LogP contribution in [0.5, 0.6) is 0 Å². The van der Waals surface area contributed by atoms with E-state index in [0.717, 1.165) is 6.42 Å². The molecule has 0 saturated heterocycles. The molecule has 1 amide bonds. The number of oxazole rings is 1. The number of esters is 1. The van der Waals surface area contributed by atoms with Crippen molar-refractivity contribution in [2.75, 3.05) is 27.4 Å². The van der Waals surface area contributed by atoms with Gasteiger partial charge in [-0.25, -0.2) is 9.78 Å². The second kappa shape index (κ2) is 7.52. The fourth-order valence-corrected chi connectivity index (χ4v) is 1.52. The van der Waals surface area contributed by atoms with Crippen molar-refractivity contribution < 1.29 is 23.5 Å². The van der Waals surface area contributed by atoms with Gasteiger partial charge in [-0.1, -0.05) is 6.92 Å². The Morgan fingerprint density at radius 2 is 2.16 bits per heavy atom. The molecule has 0 aliphatic heterocycles. The van der Waals surface area contributed by atoms with Gasteiger partial charge >= 0.3 is 5.97 Å². The maximum absolute atomic E-state index is 11.8. The Kier molecular flexibility index (Phi) is 6.01. The highest BCUT2D eigenvalue weighted by Gasteiger charge is 2.18. The van der Waals surface area contributed by atoms with E-state index in [0.29, 0.717) is 12.4 Å². The van der Waals surface area contributed by atoms with Crippen LogP contribution in [0.2, 0.25) is 0 Å². The van der Waals surface area contributed by atoms with Crippen molar-refractivity contribution in [2.45, 2.75) is 19.9 Å². The standard InChI is InChI=1S/C12H18N2O5/c1-4-5-14(11(15)8-17-2)6-10-13-9(7-19-10)12(16)18-3/h7H,4-6,8H2,1-3H3. The molecule has 7 nitrogen and oxygen atoms in total. The quantitative estimate of drug-likeness (QED) is 0.683. The van der Waals surface area contributed by atoms with Gasteiger partial charge in [0.2, 0.25) is 11.8 Å². The van der Waals surface area contributed by atoms with Gasteiger partial charge in [-0.2, -0.15) is 0 Å². The van der Waals surface area contributed by atoms with Gasteiger partial charge in [0, 0.05) is 13.7 Å². The number of rotatable bonds is 7. The zero-order valence-corrected chi connectivity index (χ0v) is 11.3. The second-order valence-corrected chi connectivity index (χ2v) is 3.87. The summed E-state index contributed by atoms with van der Waals surface area (Å²) >= 11 is 0. The first-order chi connectivity index (χ1) is 9.12. The summed E-state index contributed by atoms with van der Waals surface area (Å²) in [4.78, 5) is 28.5. The van der Waals surface area contributed by atoms with E-state index >= 15 is 0 Å². The molecule has 106 valence electrons. The van der Waals surface area contributed by atoms with Crippen LogP contribution in [0, 0.1) is 0 Å². The molecule has 1 heterocycles. The average Bonchev–Trinajstić information content (AvgIpc) is 2.86. The van der Waals surface area contributed by atoms with Gasteiger partial charge in [0.1, 0.15) is 12.9 Å². The minimum Gasteiger partial charge on any atom is -0.464 e. The highest BCUT2D eigenvalue weighted by atomic mass is 16.5. The summed E-state index contributed by atoms with van der Waals surface area (Å²) in [6.45, 7) is 2.73. The molecule has 1 aromatic rings. The van der Waals surface area contributed by atoms with Crippen molar-refractivity contribution >= 4 is 11.9 Å². The summed E-state index contributed by atoms with van der Waals surface area (Å²) in [6.07, 6.45) is 2.02. The zero-order valence-electron chi connectivity index (χ0n) is 11.3. The number of amides is 1. The molecule has 0 aromatic carbocycles. The largest absolute Gasteiger partial charge is 0.464 e. The smallest absolute Gasteiger partial charge is 0.360 e. The molecule has 0 radical (unpaired) electrons. The number of ether oxygens (including phenoxy) is 2. The van der Waals surface area contributed by atoms with Crippen LogP contribution in [-0.4, -0.2) is 49.1 Å². The molecule has 7 heteroatoms. The van der Waals surface area contributed by atoms with Crippen molar-refractivity contribution in [3.63, 3.8) is 0 Å². The lowest BCUT2D eigenvalue weighted by Gasteiger charge is -2.19. The van der Waals surface area contributed by atoms with Crippen molar-refractivity contribution in [2.24, 2.45) is 0 Å². The molecule has 0 atom stereocenters. The fourth-order valence-electron chi connectivity index (χ4n) is 1.52. The van der Waals surface area contributed by atoms with Crippen LogP contribution in [0.25, 0.3) is 0 Å². The van der Waals surface area contributed by atoms with Gasteiger partial charge in [-0.3, -0.25) is 4.79 Å². The molecule has 0 spiro atoms. The van der Waals surface area contributed by atoms with E-state index < -0.39 is 5.97 Å². The summed E-state index contributed by atoms with van der Waals surface area (Å²) in [7, 11) is 2.73. The molecule has 0 aliphatic rings. The Bertz CT molecular complexity index is 430. The molecule has 0 aliphatic carbocycles. The van der Waals surface area contributed by atoms with E-state index in [4.69, 9.17) is 9.15 Å². The van der Waals surface area contributed by atoms with E-state index in [1.54, 1.807) is 4.90 Å². The molecule has 19 heavy (non-hydrogen) atoms. The SMILES string of the molecule is CCCN(Cc1nc(C(=O)OC)co1)C(=O)COC. The molecule has 1 rings (SSSR count). The van der Waals surface area contributed by atoms with E-state index in [1.165, 1.54) is 20.5 Å². The summed E-state index contributed by atoms with van der Waals surface area (Å²) in [6, 6.07) is 0. The first kappa shape index (κ1) is 15.2. The Hall–Kier alpha value is -1.89. The summed E-state index contributed by atoms with van der Waals surface area (Å²) in [5.41, 5.74) is 0.0909. The van der Waals surface area contributed by atoms with Crippen LogP contribution in [0.4, 0.5) is 0 Å². The van der Waals surface area contributed by atoms with E-state index in [9.17, 15) is 9.59 Å². The molecule has 0 fully saturated rings. The Morgan fingerprint density at radius 1 is 1.42 bits per heavy atom. The number of hydrogen-bond donors (Lipinski definition) is 0. The molecule has 0 unspecified atom stereocenters. The van der Waals surface area contributed by atoms with E-state index in [2.05, 4.69) is 9.72 Å². The average molecular weight is 270 g/mol. The third kappa shape index (κ3) is 4.36. The maximum Gasteiger partial charge on any atom is 0.360 e. The van der Waals surface area contributed by atoms with Gasteiger partial charge in [0.05, 0.1) is 13.7 Å². The highest BCUT2D eigenvalue weighted by Crippen LogP contribution is 2.08. The van der Waals surface area contributed by atoms with E-state index in [-0.39, 0.29) is 24.8 Å². The second-order valence-electron chi connectivity index (χ2n) is 3.87. The Balaban J connectivity index is 2.70. The van der Waals surface area contributed by atoms with Gasteiger partial charge in [-0.05, 0) is 6.42 Å². The van der Waals surface area contributed by atoms with Gasteiger partial charge in [-0.15, -0.1) is 0 Å². The van der Waals surface area contributed by atoms with Crippen molar-refractivity contribution in [1.29, 1.82) is 0 Å². The van der Waals surface area contributed by atoms with Gasteiger partial charge < -0.3 is 18.8 Å². The normalized spacial score (nSPS) is 10.3. The topological polar surface area (TPSA) is 81.9 Å². The zero-order chi connectivity index (χ0) is 14.3. The third-order valence-electron chi connectivity index (χ3n) is 2.39. The van der Waals surface area contributed by atoms with Crippen LogP contribution in [-0.2, 0) is 20.8 Å². The van der Waals surface area contributed by atoms with Gasteiger partial charge in [0.15, 0.2) is 5.69 Å². The van der Waals surface area contributed by atoms with Crippen LogP contribution in [0.3, 0.4) is 0 Å². The summed E-state index contributed by atoms with van der Waals surface area (Å²) in [5.74, 6) is -0.430. The number of methoxy groups -OCH3 is 2. The lowest BCUT2D eigenvalue weighted by molar-refractivity contribution is -0.136. The Labute approximate surface area is 111 Å². The van der Waals surface area contributed by atoms with Crippen molar-refractivity contribution in [1.82, 2.24) is 9.88 Å². The molecule has 0 N–H and O–H groups in total. The first-order valence-electron chi connectivity index (χ1n) is 5.91. The lowest BCUT2D eigenvalue weighted by Crippen LogP contribution is -2.34. The number of nitrogens with zero attached hydrogens (tertiary/aromatic N) is 2. The molecular formula is C12H18N2O5. The lowest BCUT2D eigenvalue weighted by atomic mass is 10.4. The summed E-state index contributed by atoms with van der Waals surface area (Å²) < 4.78 is 14.5. The number of hydrogen-bond acceptors (Lipinski definition) is 6. The van der Waals surface area contributed by atoms with Crippen LogP contribution >= 0.6 is 0 Å². The predicted molar refractivity (Wildman–Crippen MR) is 65.4 cm³/mol. The number of carbonyl (C=O) groups excluding carboxylic acids is 2. The van der Waals surface area contributed by atoms with E-state index in [1.807, 2.05) is 6.92 Å². The monoisotopic (exact) mass is 270 g/mol. The molecule has 0 saturated carbocycles. The third-order valence-corrected chi connectivity index (χ3v) is 2.39. The van der Waals surface area contributed by atoms with Gasteiger partial charge in [0.25, 0.3) is 0 Å². The first-order valence-corrected chi connectivity index (χ1v) is 5.91. The van der Waals surface area contributed by atoms with Crippen LogP contribution < -0.4 is 0 Å². The highest BCUT2D eigenvalue weighted by molar-refractivity contribution is 5.86. The minimum atomic E-state index is -0.569. The van der Waals surface area contributed by atoms with Crippen LogP contribution in [0.1, 0.15) is 29.7 Å². The number of aromatic nitrogens is 1. The molecule has 0 bridgehead atoms. The minimum absolute atomic E-state index is 0.00453. The molecular weight excluding hydrogens is 252 g/mol. The maximum atomic E-state index is 11.8. The number of carbonyl (C=O) groups is 2. The van der Waals surface area contributed by atoms with Crippen molar-refractivity contribution in [3.05, 3.63) is 17.8 Å².